The van der Waals surface area contributed by atoms with Crippen LogP contribution in [-0.2, 0) is 34.0 Å². The maximum Gasteiger partial charge on any atom is 0.305 e. The van der Waals surface area contributed by atoms with Crippen molar-refractivity contribution < 1.29 is 14.3 Å². The highest BCUT2D eigenvalue weighted by atomic mass is 16.5. The first-order valence-electron chi connectivity index (χ1n) is 11.1. The van der Waals surface area contributed by atoms with Gasteiger partial charge in [0.15, 0.2) is 0 Å². The van der Waals surface area contributed by atoms with Gasteiger partial charge in [0.25, 0.3) is 0 Å². The van der Waals surface area contributed by atoms with Gasteiger partial charge < -0.3 is 14.8 Å². The summed E-state index contributed by atoms with van der Waals surface area (Å²) in [5, 5.41) is 11.9. The molecule has 31 heavy (non-hydrogen) atoms. The number of fused-ring (bicyclic) bond motifs is 2. The number of aryl methyl sites for hydroxylation is 1. The molecule has 2 bridgehead atoms. The summed E-state index contributed by atoms with van der Waals surface area (Å²) in [5.41, 5.74) is 2.08. The molecule has 1 aliphatic heterocycles. The van der Waals surface area contributed by atoms with Crippen LogP contribution in [0.25, 0.3) is 0 Å². The largest absolute Gasteiger partial charge is 0.464 e. The maximum absolute atomic E-state index is 12.0. The van der Waals surface area contributed by atoms with Crippen molar-refractivity contribution in [3.05, 3.63) is 47.8 Å². The molecule has 1 aliphatic rings. The van der Waals surface area contributed by atoms with E-state index in [1.54, 1.807) is 4.68 Å². The second-order valence-electron chi connectivity index (χ2n) is 8.58. The lowest BCUT2D eigenvalue weighted by Gasteiger charge is -2.30. The Hall–Kier alpha value is -2.29. The van der Waals surface area contributed by atoms with Crippen molar-refractivity contribution in [1.29, 1.82) is 0 Å². The van der Waals surface area contributed by atoms with E-state index in [1.165, 1.54) is 5.56 Å². The van der Waals surface area contributed by atoms with E-state index in [-0.39, 0.29) is 24.0 Å². The summed E-state index contributed by atoms with van der Waals surface area (Å²) in [6.07, 6.45) is 2.97. The van der Waals surface area contributed by atoms with Crippen molar-refractivity contribution >= 4 is 5.97 Å². The zero-order valence-electron chi connectivity index (χ0n) is 18.9. The Morgan fingerprint density at radius 1 is 1.26 bits per heavy atom. The minimum atomic E-state index is -0.169. The molecule has 3 rings (SSSR count). The summed E-state index contributed by atoms with van der Waals surface area (Å²) >= 11 is 0. The molecule has 3 atom stereocenters. The lowest BCUT2D eigenvalue weighted by atomic mass is 10.0. The molecule has 0 fully saturated rings. The van der Waals surface area contributed by atoms with Crippen LogP contribution in [0.2, 0.25) is 0 Å². The van der Waals surface area contributed by atoms with Crippen LogP contribution in [0.3, 0.4) is 0 Å². The van der Waals surface area contributed by atoms with Crippen LogP contribution in [-0.4, -0.2) is 64.8 Å². The fourth-order valence-corrected chi connectivity index (χ4v) is 3.62. The second-order valence-corrected chi connectivity index (χ2v) is 8.58. The number of carbonyl (C=O) groups is 1. The van der Waals surface area contributed by atoms with Gasteiger partial charge in [-0.15, -0.1) is 5.10 Å². The molecule has 0 amide bonds. The number of hydrogen-bond acceptors (Lipinski definition) is 7. The first-order chi connectivity index (χ1) is 15.0. The number of aromatic nitrogens is 3. The van der Waals surface area contributed by atoms with Crippen LogP contribution in [0.1, 0.15) is 37.9 Å². The molecular weight excluding hydrogens is 394 g/mol. The zero-order valence-corrected chi connectivity index (χ0v) is 18.9. The molecule has 0 saturated heterocycles. The van der Waals surface area contributed by atoms with E-state index in [4.69, 9.17) is 9.47 Å². The Balaban J connectivity index is 1.65. The second kappa shape index (κ2) is 11.9. The van der Waals surface area contributed by atoms with E-state index in [9.17, 15) is 4.79 Å². The van der Waals surface area contributed by atoms with Crippen LogP contribution in [0, 0.1) is 5.92 Å². The lowest BCUT2D eigenvalue weighted by Crippen LogP contribution is -2.42. The Morgan fingerprint density at radius 3 is 2.87 bits per heavy atom. The maximum atomic E-state index is 12.0. The summed E-state index contributed by atoms with van der Waals surface area (Å²) in [6.45, 7) is 8.09. The van der Waals surface area contributed by atoms with Crippen LogP contribution < -0.4 is 5.32 Å². The van der Waals surface area contributed by atoms with Crippen molar-refractivity contribution in [2.45, 2.75) is 58.5 Å². The van der Waals surface area contributed by atoms with Crippen LogP contribution in [0.5, 0.6) is 0 Å². The average molecular weight is 430 g/mol. The minimum absolute atomic E-state index is 0.0222. The van der Waals surface area contributed by atoms with Gasteiger partial charge in [-0.25, -0.2) is 0 Å². The summed E-state index contributed by atoms with van der Waals surface area (Å²) in [5.74, 6) is 0.0946. The number of ether oxygens (including phenoxy) is 2. The molecule has 8 heteroatoms. The van der Waals surface area contributed by atoms with Gasteiger partial charge in [-0.05, 0) is 31.9 Å². The average Bonchev–Trinajstić information content (AvgIpc) is 3.21. The SMILES string of the molecule is C[C@H]1COC(=O)CCCn2cc(nn2)CO[C@@H](CN(C)Cc2ccccc2)[C@@H](C)CN1. The molecule has 8 nitrogen and oxygen atoms in total. The Kier molecular flexibility index (Phi) is 8.99. The van der Waals surface area contributed by atoms with Gasteiger partial charge >= 0.3 is 5.97 Å². The molecule has 0 spiro atoms. The van der Waals surface area contributed by atoms with Gasteiger partial charge in [0.2, 0.25) is 0 Å². The minimum Gasteiger partial charge on any atom is -0.464 e. The van der Waals surface area contributed by atoms with E-state index in [1.807, 2.05) is 19.2 Å². The topological polar surface area (TPSA) is 81.5 Å². The van der Waals surface area contributed by atoms with Crippen LogP contribution >= 0.6 is 0 Å². The Labute approximate surface area is 184 Å². The Bertz CT molecular complexity index is 798. The number of likely N-dealkylation sites (N-methyl/N-ethyl adjacent to an activating group) is 1. The number of carbonyl (C=O) groups excluding carboxylic acids is 1. The molecular formula is C23H35N5O3. The standard InChI is InChI=1S/C23H35N5O3/c1-18-12-24-19(2)16-31-23(29)10-7-11-28-14-21(25-26-28)17-30-22(18)15-27(3)13-20-8-5-4-6-9-20/h4-6,8-9,14,18-19,22,24H,7,10-13,15-17H2,1-3H3/t18-,19-,22-/m0/s1. The first-order valence-corrected chi connectivity index (χ1v) is 11.1. The van der Waals surface area contributed by atoms with E-state index in [0.29, 0.717) is 32.6 Å². The normalized spacial score (nSPS) is 24.1. The van der Waals surface area contributed by atoms with Crippen molar-refractivity contribution in [3.8, 4) is 0 Å². The monoisotopic (exact) mass is 429 g/mol. The van der Waals surface area contributed by atoms with Crippen molar-refractivity contribution in [3.63, 3.8) is 0 Å². The third kappa shape index (κ3) is 8.05. The molecule has 0 unspecified atom stereocenters. The smallest absolute Gasteiger partial charge is 0.305 e. The van der Waals surface area contributed by atoms with E-state index < -0.39 is 0 Å². The molecule has 2 aromatic rings. The summed E-state index contributed by atoms with van der Waals surface area (Å²) in [6, 6.07) is 10.5. The summed E-state index contributed by atoms with van der Waals surface area (Å²) in [4.78, 5) is 14.2. The highest BCUT2D eigenvalue weighted by Crippen LogP contribution is 2.14. The number of cyclic esters (lactones) is 1. The number of rotatable bonds is 4. The molecule has 0 radical (unpaired) electrons. The highest BCUT2D eigenvalue weighted by molar-refractivity contribution is 5.69. The molecule has 170 valence electrons. The molecule has 2 heterocycles. The number of benzene rings is 1. The molecule has 0 aliphatic carbocycles. The van der Waals surface area contributed by atoms with Crippen molar-refractivity contribution in [1.82, 2.24) is 25.2 Å². The van der Waals surface area contributed by atoms with Gasteiger partial charge in [0.1, 0.15) is 12.3 Å². The molecule has 0 saturated carbocycles. The Morgan fingerprint density at radius 2 is 2.06 bits per heavy atom. The van der Waals surface area contributed by atoms with Crippen LogP contribution in [0.4, 0.5) is 0 Å². The molecule has 1 aromatic carbocycles. The van der Waals surface area contributed by atoms with Crippen molar-refractivity contribution in [2.75, 3.05) is 26.7 Å². The van der Waals surface area contributed by atoms with E-state index in [0.717, 1.165) is 25.3 Å². The predicted molar refractivity (Wildman–Crippen MR) is 118 cm³/mol. The third-order valence-corrected chi connectivity index (χ3v) is 5.50. The highest BCUT2D eigenvalue weighted by Gasteiger charge is 2.22. The van der Waals surface area contributed by atoms with Gasteiger partial charge in [-0.1, -0.05) is 42.5 Å². The molecule has 1 aromatic heterocycles. The fraction of sp³-hybridized carbons (Fsp3) is 0.609. The lowest BCUT2D eigenvalue weighted by molar-refractivity contribution is -0.144. The number of nitrogens with one attached hydrogen (secondary N) is 1. The summed E-state index contributed by atoms with van der Waals surface area (Å²) < 4.78 is 13.5. The molecule has 1 N–H and O–H groups in total. The van der Waals surface area contributed by atoms with Gasteiger partial charge in [-0.3, -0.25) is 14.4 Å². The quantitative estimate of drug-likeness (QED) is 0.747. The van der Waals surface area contributed by atoms with Crippen molar-refractivity contribution in [2.24, 2.45) is 5.92 Å². The van der Waals surface area contributed by atoms with E-state index in [2.05, 4.69) is 58.8 Å². The predicted octanol–water partition coefficient (Wildman–Crippen LogP) is 2.25. The third-order valence-electron chi connectivity index (χ3n) is 5.50. The van der Waals surface area contributed by atoms with Gasteiger partial charge in [0, 0.05) is 38.6 Å². The zero-order chi connectivity index (χ0) is 22.1. The van der Waals surface area contributed by atoms with Crippen LogP contribution in [0.15, 0.2) is 36.5 Å². The number of nitrogens with zero attached hydrogens (tertiary/aromatic N) is 4. The summed E-state index contributed by atoms with van der Waals surface area (Å²) in [7, 11) is 2.12. The van der Waals surface area contributed by atoms with E-state index >= 15 is 0 Å². The number of esters is 1. The first kappa shape index (κ1) is 23.4. The van der Waals surface area contributed by atoms with Gasteiger partial charge in [-0.2, -0.15) is 0 Å². The van der Waals surface area contributed by atoms with Gasteiger partial charge in [0.05, 0.1) is 18.9 Å². The number of hydrogen-bond donors (Lipinski definition) is 1. The fourth-order valence-electron chi connectivity index (χ4n) is 3.62.